The van der Waals surface area contributed by atoms with E-state index >= 15 is 0 Å². The van der Waals surface area contributed by atoms with Gasteiger partial charge in [0.05, 0.1) is 0 Å². The Kier molecular flexibility index (Phi) is 8.82. The van der Waals surface area contributed by atoms with E-state index in [4.69, 9.17) is 5.73 Å². The second-order valence-electron chi connectivity index (χ2n) is 5.03. The van der Waals surface area contributed by atoms with Crippen molar-refractivity contribution >= 4 is 30.7 Å². The highest BCUT2D eigenvalue weighted by Gasteiger charge is 2.22. The molecule has 5 nitrogen and oxygen atoms in total. The normalized spacial score (nSPS) is 12.5. The van der Waals surface area contributed by atoms with Gasteiger partial charge in [-0.05, 0) is 17.7 Å². The molecule has 0 radical (unpaired) electrons. The minimum absolute atomic E-state index is 0. The predicted octanol–water partition coefficient (Wildman–Crippen LogP) is 2.20. The average molecular weight is 363 g/mol. The van der Waals surface area contributed by atoms with Crippen LogP contribution in [0.15, 0.2) is 36.7 Å². The fourth-order valence-corrected chi connectivity index (χ4v) is 2.00. The summed E-state index contributed by atoms with van der Waals surface area (Å²) in [5, 5.41) is 2.92. The summed E-state index contributed by atoms with van der Waals surface area (Å²) in [6.07, 6.45) is 3.45. The van der Waals surface area contributed by atoms with Crippen LogP contribution in [0.25, 0.3) is 0 Å². The van der Waals surface area contributed by atoms with Crippen molar-refractivity contribution in [3.63, 3.8) is 0 Å². The van der Waals surface area contributed by atoms with Gasteiger partial charge in [0.2, 0.25) is 5.91 Å². The highest BCUT2D eigenvalue weighted by Crippen LogP contribution is 2.21. The molecule has 2 unspecified atom stereocenters. The molecule has 2 atom stereocenters. The molecule has 2 aromatic rings. The molecule has 0 saturated carbocycles. The lowest BCUT2D eigenvalue weighted by atomic mass is 10.0. The second-order valence-corrected chi connectivity index (χ2v) is 5.03. The summed E-state index contributed by atoms with van der Waals surface area (Å²) < 4.78 is 14.9. The Bertz CT molecular complexity index is 618. The predicted molar refractivity (Wildman–Crippen MR) is 92.3 cm³/mol. The number of carbonyl (C=O) groups is 1. The van der Waals surface area contributed by atoms with Gasteiger partial charge in [-0.25, -0.2) is 9.37 Å². The van der Waals surface area contributed by atoms with Crippen molar-refractivity contribution in [3.8, 4) is 0 Å². The summed E-state index contributed by atoms with van der Waals surface area (Å²) in [6.45, 7) is 2.03. The summed E-state index contributed by atoms with van der Waals surface area (Å²) in [5.41, 5.74) is 6.29. The summed E-state index contributed by atoms with van der Waals surface area (Å²) in [6, 6.07) is 5.57. The number of aromatic nitrogens is 2. The number of aryl methyl sites for hydroxylation is 1. The van der Waals surface area contributed by atoms with Crippen LogP contribution in [-0.2, 0) is 11.8 Å². The first-order valence-electron chi connectivity index (χ1n) is 6.76. The van der Waals surface area contributed by atoms with Crippen LogP contribution < -0.4 is 11.1 Å². The van der Waals surface area contributed by atoms with Gasteiger partial charge in [-0.3, -0.25) is 4.79 Å². The Balaban J connectivity index is 0.00000242. The smallest absolute Gasteiger partial charge is 0.224 e. The van der Waals surface area contributed by atoms with E-state index in [9.17, 15) is 9.18 Å². The van der Waals surface area contributed by atoms with E-state index < -0.39 is 6.04 Å². The van der Waals surface area contributed by atoms with Gasteiger partial charge in [0.25, 0.3) is 0 Å². The van der Waals surface area contributed by atoms with Gasteiger partial charge >= 0.3 is 0 Å². The number of halogens is 3. The second kappa shape index (κ2) is 9.50. The number of rotatable bonds is 5. The molecular formula is C15H21Cl2FN4O. The van der Waals surface area contributed by atoms with E-state index in [1.165, 1.54) is 12.1 Å². The summed E-state index contributed by atoms with van der Waals surface area (Å²) in [4.78, 5) is 16.4. The van der Waals surface area contributed by atoms with E-state index in [0.717, 1.165) is 5.56 Å². The molecule has 1 aromatic heterocycles. The van der Waals surface area contributed by atoms with Crippen molar-refractivity contribution in [2.24, 2.45) is 18.7 Å². The Morgan fingerprint density at radius 1 is 1.35 bits per heavy atom. The van der Waals surface area contributed by atoms with Gasteiger partial charge < -0.3 is 15.6 Å². The third-order valence-corrected chi connectivity index (χ3v) is 3.41. The van der Waals surface area contributed by atoms with Gasteiger partial charge in [-0.15, -0.1) is 24.8 Å². The quantitative estimate of drug-likeness (QED) is 0.856. The van der Waals surface area contributed by atoms with Crippen molar-refractivity contribution in [1.82, 2.24) is 14.9 Å². The van der Waals surface area contributed by atoms with Crippen LogP contribution >= 0.6 is 24.8 Å². The molecule has 8 heteroatoms. The molecule has 0 fully saturated rings. The lowest BCUT2D eigenvalue weighted by Crippen LogP contribution is -2.37. The summed E-state index contributed by atoms with van der Waals surface area (Å²) >= 11 is 0. The molecule has 2 rings (SSSR count). The monoisotopic (exact) mass is 362 g/mol. The summed E-state index contributed by atoms with van der Waals surface area (Å²) in [5.74, 6) is -0.0961. The third-order valence-electron chi connectivity index (χ3n) is 3.41. The molecule has 0 aliphatic rings. The van der Waals surface area contributed by atoms with Crippen LogP contribution in [0.1, 0.15) is 24.4 Å². The zero-order chi connectivity index (χ0) is 15.4. The lowest BCUT2D eigenvalue weighted by molar-refractivity contribution is -0.124. The average Bonchev–Trinajstić information content (AvgIpc) is 2.90. The van der Waals surface area contributed by atoms with Crippen molar-refractivity contribution in [2.75, 3.05) is 6.54 Å². The number of hydrogen-bond donors (Lipinski definition) is 2. The van der Waals surface area contributed by atoms with Crippen LogP contribution in [-0.4, -0.2) is 22.0 Å². The van der Waals surface area contributed by atoms with E-state index in [0.29, 0.717) is 5.82 Å². The Labute approximate surface area is 147 Å². The number of hydrogen-bond acceptors (Lipinski definition) is 3. The van der Waals surface area contributed by atoms with Gasteiger partial charge in [0.15, 0.2) is 0 Å². The molecule has 0 aliphatic heterocycles. The zero-order valence-electron chi connectivity index (χ0n) is 12.9. The number of carbonyl (C=O) groups excluding carboxylic acids is 1. The SMILES string of the molecule is CC(CN)C(=O)NC(c1ccc(F)cc1)c1nccn1C.Cl.Cl. The maximum Gasteiger partial charge on any atom is 0.224 e. The van der Waals surface area contributed by atoms with E-state index in [1.807, 2.05) is 11.6 Å². The molecule has 128 valence electrons. The fraction of sp³-hybridized carbons (Fsp3) is 0.333. The first-order chi connectivity index (χ1) is 10.0. The molecule has 0 aliphatic carbocycles. The molecule has 3 N–H and O–H groups in total. The highest BCUT2D eigenvalue weighted by atomic mass is 35.5. The first kappa shape index (κ1) is 21.4. The van der Waals surface area contributed by atoms with Gasteiger partial charge in [-0.2, -0.15) is 0 Å². The molecule has 23 heavy (non-hydrogen) atoms. The maximum atomic E-state index is 13.1. The van der Waals surface area contributed by atoms with Crippen molar-refractivity contribution in [3.05, 3.63) is 53.9 Å². The minimum Gasteiger partial charge on any atom is -0.342 e. The first-order valence-corrected chi connectivity index (χ1v) is 6.76. The zero-order valence-corrected chi connectivity index (χ0v) is 14.5. The fourth-order valence-electron chi connectivity index (χ4n) is 2.00. The molecule has 1 aromatic carbocycles. The van der Waals surface area contributed by atoms with Crippen LogP contribution in [0.4, 0.5) is 4.39 Å². The number of nitrogens with two attached hydrogens (primary N) is 1. The molecule has 0 spiro atoms. The number of nitrogens with one attached hydrogen (secondary N) is 1. The van der Waals surface area contributed by atoms with Crippen molar-refractivity contribution < 1.29 is 9.18 Å². The van der Waals surface area contributed by atoms with Gasteiger partial charge in [0.1, 0.15) is 17.7 Å². The number of benzene rings is 1. The number of amides is 1. The third kappa shape index (κ3) is 5.20. The van der Waals surface area contributed by atoms with E-state index in [-0.39, 0.29) is 49.0 Å². The van der Waals surface area contributed by atoms with Crippen molar-refractivity contribution in [2.45, 2.75) is 13.0 Å². The molecule has 1 heterocycles. The van der Waals surface area contributed by atoms with E-state index in [2.05, 4.69) is 10.3 Å². The molecular weight excluding hydrogens is 342 g/mol. The Morgan fingerprint density at radius 2 is 1.96 bits per heavy atom. The maximum absolute atomic E-state index is 13.1. The Hall–Kier alpha value is -1.63. The van der Waals surface area contributed by atoms with Crippen molar-refractivity contribution in [1.29, 1.82) is 0 Å². The standard InChI is InChI=1S/C15H19FN4O.2ClH/c1-10(9-17)15(21)19-13(14-18-7-8-20(14)2)11-3-5-12(16)6-4-11;;/h3-8,10,13H,9,17H2,1-2H3,(H,19,21);2*1H. The van der Waals surface area contributed by atoms with Gasteiger partial charge in [0, 0.05) is 31.9 Å². The van der Waals surface area contributed by atoms with Crippen LogP contribution in [0, 0.1) is 11.7 Å². The Morgan fingerprint density at radius 3 is 2.43 bits per heavy atom. The molecule has 0 saturated heterocycles. The topological polar surface area (TPSA) is 72.9 Å². The number of imidazole rings is 1. The largest absolute Gasteiger partial charge is 0.342 e. The van der Waals surface area contributed by atoms with Crippen LogP contribution in [0.3, 0.4) is 0 Å². The highest BCUT2D eigenvalue weighted by molar-refractivity contribution is 5.85. The lowest BCUT2D eigenvalue weighted by Gasteiger charge is -2.21. The van der Waals surface area contributed by atoms with Crippen LogP contribution in [0.5, 0.6) is 0 Å². The summed E-state index contributed by atoms with van der Waals surface area (Å²) in [7, 11) is 1.84. The molecule has 1 amide bonds. The van der Waals surface area contributed by atoms with E-state index in [1.54, 1.807) is 31.5 Å². The van der Waals surface area contributed by atoms with Crippen LogP contribution in [0.2, 0.25) is 0 Å². The molecule has 0 bridgehead atoms. The van der Waals surface area contributed by atoms with Gasteiger partial charge in [-0.1, -0.05) is 19.1 Å². The number of nitrogens with zero attached hydrogens (tertiary/aromatic N) is 2. The minimum atomic E-state index is -0.438.